The minimum Gasteiger partial charge on any atom is -0.369 e. The molecule has 0 saturated carbocycles. The summed E-state index contributed by atoms with van der Waals surface area (Å²) in [6, 6.07) is 0. The molecular formula is C30H48N18O3. The number of nitrogens with one attached hydrogen (secondary N) is 3. The molecule has 0 aliphatic carbocycles. The number of rotatable bonds is 7. The summed E-state index contributed by atoms with van der Waals surface area (Å²) < 4.78 is 5.15. The smallest absolute Gasteiger partial charge is 0.280 e. The van der Waals surface area contributed by atoms with Crippen molar-refractivity contribution in [2.75, 3.05) is 34.4 Å². The quantitative estimate of drug-likeness (QED) is 0.112. The van der Waals surface area contributed by atoms with E-state index in [-0.39, 0.29) is 68.4 Å². The molecule has 0 aromatic carbocycles. The molecule has 6 aromatic rings. The van der Waals surface area contributed by atoms with Gasteiger partial charge in [0.25, 0.3) is 16.7 Å². The van der Waals surface area contributed by atoms with Crippen molar-refractivity contribution in [1.82, 2.24) is 58.6 Å². The van der Waals surface area contributed by atoms with Crippen LogP contribution in [-0.2, 0) is 19.6 Å². The molecule has 0 radical (unpaired) electrons. The molecule has 6 heterocycles. The highest BCUT2D eigenvalue weighted by Crippen LogP contribution is 2.22. The summed E-state index contributed by atoms with van der Waals surface area (Å²) in [5.74, 6) is 2.00. The molecule has 0 spiro atoms. The number of nitrogen functional groups attached to an aromatic ring is 6. The zero-order valence-electron chi connectivity index (χ0n) is 29.9. The maximum absolute atomic E-state index is 11.7. The third-order valence-electron chi connectivity index (χ3n) is 7.52. The first kappa shape index (κ1) is 37.7. The van der Waals surface area contributed by atoms with Crippen molar-refractivity contribution < 1.29 is 0 Å². The number of fused-ring (bicyclic) bond motifs is 3. The van der Waals surface area contributed by atoms with Crippen LogP contribution in [0.1, 0.15) is 61.3 Å². The van der Waals surface area contributed by atoms with Crippen molar-refractivity contribution in [1.29, 1.82) is 0 Å². The van der Waals surface area contributed by atoms with Crippen molar-refractivity contribution in [2.24, 2.45) is 17.3 Å². The summed E-state index contributed by atoms with van der Waals surface area (Å²) in [6.07, 6.45) is 1.83. The number of H-pyrrole nitrogens is 3. The Morgan fingerprint density at radius 1 is 0.549 bits per heavy atom. The highest BCUT2D eigenvalue weighted by atomic mass is 16.1. The van der Waals surface area contributed by atoms with Gasteiger partial charge in [-0.15, -0.1) is 0 Å². The topological polar surface area (TPSA) is 347 Å². The van der Waals surface area contributed by atoms with Crippen LogP contribution in [0.4, 0.5) is 35.7 Å². The molecule has 6 rings (SSSR count). The molecule has 0 fully saturated rings. The Labute approximate surface area is 291 Å². The number of nitrogens with two attached hydrogens (primary N) is 6. The van der Waals surface area contributed by atoms with E-state index < -0.39 is 0 Å². The zero-order chi connectivity index (χ0) is 37.9. The molecule has 276 valence electrons. The first-order chi connectivity index (χ1) is 23.7. The molecule has 0 aliphatic heterocycles. The Morgan fingerprint density at radius 3 is 1.25 bits per heavy atom. The monoisotopic (exact) mass is 708 g/mol. The van der Waals surface area contributed by atoms with E-state index in [1.54, 1.807) is 13.7 Å². The van der Waals surface area contributed by atoms with Crippen LogP contribution in [0.25, 0.3) is 33.5 Å². The fraction of sp³-hybridized carbons (Fsp3) is 0.500. The number of imidazole rings is 3. The maximum atomic E-state index is 11.7. The van der Waals surface area contributed by atoms with Crippen molar-refractivity contribution >= 4 is 69.2 Å². The number of nitrogens with zero attached hydrogens (tertiary/aromatic N) is 9. The maximum Gasteiger partial charge on any atom is 0.280 e. The molecule has 51 heavy (non-hydrogen) atoms. The van der Waals surface area contributed by atoms with Crippen molar-refractivity contribution in [3.05, 3.63) is 31.1 Å². The molecule has 0 bridgehead atoms. The van der Waals surface area contributed by atoms with Crippen molar-refractivity contribution in [3.8, 4) is 0 Å². The van der Waals surface area contributed by atoms with Gasteiger partial charge in [0.15, 0.2) is 33.5 Å². The molecule has 0 atom stereocenters. The van der Waals surface area contributed by atoms with Crippen LogP contribution in [0.5, 0.6) is 0 Å². The van der Waals surface area contributed by atoms with Gasteiger partial charge in [-0.2, -0.15) is 15.0 Å². The number of aromatic nitrogens is 12. The predicted octanol–water partition coefficient (Wildman–Crippen LogP) is 0.990. The van der Waals surface area contributed by atoms with Crippen molar-refractivity contribution in [3.63, 3.8) is 0 Å². The summed E-state index contributed by atoms with van der Waals surface area (Å²) in [6.45, 7) is 16.7. The second kappa shape index (κ2) is 14.8. The fourth-order valence-corrected chi connectivity index (χ4v) is 4.95. The lowest BCUT2D eigenvalue weighted by atomic mass is 9.92. The van der Waals surface area contributed by atoms with Gasteiger partial charge in [0, 0.05) is 19.6 Å². The number of aryl methyl sites for hydroxylation is 2. The highest BCUT2D eigenvalue weighted by molar-refractivity contribution is 5.75. The SMILES string of the molecule is CC(C)(C)CCn1c(N)nc2c(=O)[nH]c(N)nc21.CC(C)CCn1c(N)nc2c(=O)[nH]c(N)nc21.CC(C)Cn1c(N)nc2c(=O)[nH]c(N)nc21. The van der Waals surface area contributed by atoms with Crippen LogP contribution in [0.2, 0.25) is 0 Å². The van der Waals surface area contributed by atoms with Gasteiger partial charge < -0.3 is 34.4 Å². The van der Waals surface area contributed by atoms with E-state index in [2.05, 4.69) is 79.5 Å². The van der Waals surface area contributed by atoms with Gasteiger partial charge in [0.1, 0.15) is 0 Å². The van der Waals surface area contributed by atoms with Crippen LogP contribution in [-0.4, -0.2) is 58.6 Å². The van der Waals surface area contributed by atoms with E-state index in [1.165, 1.54) is 0 Å². The average molecular weight is 709 g/mol. The lowest BCUT2D eigenvalue weighted by molar-refractivity contribution is 0.353. The van der Waals surface area contributed by atoms with Crippen molar-refractivity contribution in [2.45, 2.75) is 80.9 Å². The molecule has 6 aromatic heterocycles. The minimum atomic E-state index is -0.364. The Kier molecular flexibility index (Phi) is 10.9. The Balaban J connectivity index is 0.000000172. The molecule has 0 saturated heterocycles. The predicted molar refractivity (Wildman–Crippen MR) is 199 cm³/mol. The van der Waals surface area contributed by atoms with E-state index in [1.807, 2.05) is 13.8 Å². The standard InChI is InChI=1S/C11H18N6O.C10H16N6O.C9H14N6O/c1-11(2,3)4-5-17-7-6(14-10(17)13)8(18)16-9(12)15-7;1-5(2)3-4-16-7-6(13-10(16)12)8(17)15-9(11)14-7;1-4(2)3-15-6-5(12-9(15)11)7(16)14-8(10)13-6/h4-5H2,1-3H3,(H2,13,14)(H3,12,15,16,18);5H,3-4H2,1-2H3,(H2,12,13)(H3,11,14,15,17);4H,3H2,1-2H3,(H2,11,12)(H3,10,13,14,16). The van der Waals surface area contributed by atoms with E-state index in [0.29, 0.717) is 54.4 Å². The molecule has 21 nitrogen and oxygen atoms in total. The number of hydrogen-bond donors (Lipinski definition) is 9. The molecule has 15 N–H and O–H groups in total. The molecule has 0 aliphatic rings. The Morgan fingerprint density at radius 2 is 0.902 bits per heavy atom. The third kappa shape index (κ3) is 8.91. The second-order valence-electron chi connectivity index (χ2n) is 14.1. The van der Waals surface area contributed by atoms with Crippen LogP contribution in [0, 0.1) is 17.3 Å². The van der Waals surface area contributed by atoms with E-state index in [9.17, 15) is 14.4 Å². The van der Waals surface area contributed by atoms with E-state index >= 15 is 0 Å². The summed E-state index contributed by atoms with van der Waals surface area (Å²) >= 11 is 0. The lowest BCUT2D eigenvalue weighted by Gasteiger charge is -2.18. The van der Waals surface area contributed by atoms with Gasteiger partial charge in [0.2, 0.25) is 35.7 Å². The van der Waals surface area contributed by atoms with Crippen LogP contribution in [0.15, 0.2) is 14.4 Å². The summed E-state index contributed by atoms with van der Waals surface area (Å²) in [5.41, 5.74) is 35.0. The van der Waals surface area contributed by atoms with Gasteiger partial charge in [-0.3, -0.25) is 43.0 Å². The number of hydrogen-bond acceptors (Lipinski definition) is 15. The molecule has 0 amide bonds. The van der Waals surface area contributed by atoms with Gasteiger partial charge in [-0.05, 0) is 30.1 Å². The van der Waals surface area contributed by atoms with Gasteiger partial charge in [-0.1, -0.05) is 48.5 Å². The molecule has 0 unspecified atom stereocenters. The van der Waals surface area contributed by atoms with Gasteiger partial charge >= 0.3 is 0 Å². The summed E-state index contributed by atoms with van der Waals surface area (Å²) in [5, 5.41) is 0. The van der Waals surface area contributed by atoms with Crippen LogP contribution < -0.4 is 51.1 Å². The zero-order valence-corrected chi connectivity index (χ0v) is 29.9. The van der Waals surface area contributed by atoms with Crippen LogP contribution in [0.3, 0.4) is 0 Å². The average Bonchev–Trinajstić information content (AvgIpc) is 3.61. The highest BCUT2D eigenvalue weighted by Gasteiger charge is 2.18. The normalized spacial score (nSPS) is 11.7. The first-order valence-corrected chi connectivity index (χ1v) is 16.3. The van der Waals surface area contributed by atoms with Gasteiger partial charge in [-0.25, -0.2) is 15.0 Å². The van der Waals surface area contributed by atoms with Crippen LogP contribution >= 0.6 is 0 Å². The van der Waals surface area contributed by atoms with E-state index in [0.717, 1.165) is 12.8 Å². The minimum absolute atomic E-state index is 0.0717. The first-order valence-electron chi connectivity index (χ1n) is 16.3. The second-order valence-corrected chi connectivity index (χ2v) is 14.1. The lowest BCUT2D eigenvalue weighted by Crippen LogP contribution is -2.14. The fourth-order valence-electron chi connectivity index (χ4n) is 4.95. The number of anilines is 6. The Hall–Kier alpha value is -6.15. The Bertz CT molecular complexity index is 2330. The molecular weight excluding hydrogens is 660 g/mol. The summed E-state index contributed by atoms with van der Waals surface area (Å²) in [7, 11) is 0. The van der Waals surface area contributed by atoms with Gasteiger partial charge in [0.05, 0.1) is 0 Å². The van der Waals surface area contributed by atoms with E-state index in [4.69, 9.17) is 34.4 Å². The largest absolute Gasteiger partial charge is 0.369 e. The number of aromatic amines is 3. The molecule has 21 heteroatoms. The third-order valence-corrected chi connectivity index (χ3v) is 7.52. The summed E-state index contributed by atoms with van der Waals surface area (Å²) in [4.78, 5) is 66.3.